The first-order chi connectivity index (χ1) is 13.1. The Balaban J connectivity index is 1.50. The number of piperazine rings is 1. The highest BCUT2D eigenvalue weighted by atomic mass is 16.5. The normalized spacial score (nSPS) is 14.1. The van der Waals surface area contributed by atoms with Gasteiger partial charge in [-0.15, -0.1) is 0 Å². The number of carbonyl (C=O) groups is 2. The van der Waals surface area contributed by atoms with Crippen LogP contribution in [0.15, 0.2) is 48.5 Å². The van der Waals surface area contributed by atoms with E-state index in [-0.39, 0.29) is 11.8 Å². The van der Waals surface area contributed by atoms with Gasteiger partial charge in [-0.25, -0.2) is 0 Å². The number of carbonyl (C=O) groups excluding carboxylic acids is 2. The van der Waals surface area contributed by atoms with Crippen molar-refractivity contribution in [1.82, 2.24) is 9.80 Å². The molecule has 5 heteroatoms. The molecule has 27 heavy (non-hydrogen) atoms. The minimum absolute atomic E-state index is 0.0524. The fourth-order valence-corrected chi connectivity index (χ4v) is 3.38. The molecule has 0 aliphatic carbocycles. The molecule has 1 saturated heterocycles. The maximum absolute atomic E-state index is 12.7. The first-order valence-corrected chi connectivity index (χ1v) is 9.34. The van der Waals surface area contributed by atoms with Gasteiger partial charge in [-0.1, -0.05) is 30.3 Å². The summed E-state index contributed by atoms with van der Waals surface area (Å²) in [4.78, 5) is 28.9. The van der Waals surface area contributed by atoms with Crippen LogP contribution >= 0.6 is 0 Å². The van der Waals surface area contributed by atoms with Gasteiger partial charge in [0.15, 0.2) is 0 Å². The molecule has 2 amide bonds. The van der Waals surface area contributed by atoms with Crippen molar-refractivity contribution in [2.45, 2.75) is 19.8 Å². The zero-order valence-electron chi connectivity index (χ0n) is 16.0. The summed E-state index contributed by atoms with van der Waals surface area (Å²) in [5.74, 6) is 1.00. The van der Waals surface area contributed by atoms with E-state index in [1.54, 1.807) is 7.11 Å². The SMILES string of the molecule is COc1cccc(CCC(=O)N2CCN(C(=O)c3ccccc3C)CC2)c1. The van der Waals surface area contributed by atoms with Gasteiger partial charge in [0.1, 0.15) is 5.75 Å². The van der Waals surface area contributed by atoms with Gasteiger partial charge in [0.05, 0.1) is 7.11 Å². The highest BCUT2D eigenvalue weighted by Gasteiger charge is 2.25. The Morgan fingerprint density at radius 3 is 2.37 bits per heavy atom. The fourth-order valence-electron chi connectivity index (χ4n) is 3.38. The summed E-state index contributed by atoms with van der Waals surface area (Å²) in [5.41, 5.74) is 2.82. The second kappa shape index (κ2) is 8.71. The third-order valence-corrected chi connectivity index (χ3v) is 5.06. The second-order valence-electron chi connectivity index (χ2n) is 6.84. The average Bonchev–Trinajstić information content (AvgIpc) is 2.72. The summed E-state index contributed by atoms with van der Waals surface area (Å²) in [6.45, 7) is 4.30. The molecule has 0 bridgehead atoms. The highest BCUT2D eigenvalue weighted by Crippen LogP contribution is 2.16. The Morgan fingerprint density at radius 2 is 1.67 bits per heavy atom. The number of methoxy groups -OCH3 is 1. The van der Waals surface area contributed by atoms with Crippen LogP contribution in [0.25, 0.3) is 0 Å². The van der Waals surface area contributed by atoms with Crippen molar-refractivity contribution < 1.29 is 14.3 Å². The van der Waals surface area contributed by atoms with Crippen LogP contribution < -0.4 is 4.74 Å². The molecule has 142 valence electrons. The van der Waals surface area contributed by atoms with E-state index >= 15 is 0 Å². The molecule has 0 spiro atoms. The third-order valence-electron chi connectivity index (χ3n) is 5.06. The summed E-state index contributed by atoms with van der Waals surface area (Å²) >= 11 is 0. The van der Waals surface area contributed by atoms with Crippen LogP contribution in [-0.4, -0.2) is 54.9 Å². The smallest absolute Gasteiger partial charge is 0.254 e. The molecule has 2 aromatic rings. The number of rotatable bonds is 5. The molecule has 0 atom stereocenters. The van der Waals surface area contributed by atoms with Crippen LogP contribution in [0.3, 0.4) is 0 Å². The van der Waals surface area contributed by atoms with Gasteiger partial charge in [-0.2, -0.15) is 0 Å². The molecule has 1 aliphatic heterocycles. The largest absolute Gasteiger partial charge is 0.497 e. The summed E-state index contributed by atoms with van der Waals surface area (Å²) in [6.07, 6.45) is 1.16. The van der Waals surface area contributed by atoms with Gasteiger partial charge < -0.3 is 14.5 Å². The van der Waals surface area contributed by atoms with E-state index in [4.69, 9.17) is 4.74 Å². The molecule has 1 heterocycles. The lowest BCUT2D eigenvalue weighted by Gasteiger charge is -2.35. The number of amides is 2. The molecule has 0 aromatic heterocycles. The van der Waals surface area contributed by atoms with Crippen LogP contribution in [-0.2, 0) is 11.2 Å². The predicted molar refractivity (Wildman–Crippen MR) is 105 cm³/mol. The Morgan fingerprint density at radius 1 is 0.963 bits per heavy atom. The van der Waals surface area contributed by atoms with Gasteiger partial charge >= 0.3 is 0 Å². The van der Waals surface area contributed by atoms with E-state index < -0.39 is 0 Å². The number of aryl methyl sites for hydroxylation is 2. The summed E-state index contributed by atoms with van der Waals surface area (Å²) < 4.78 is 5.22. The number of nitrogens with zero attached hydrogens (tertiary/aromatic N) is 2. The van der Waals surface area contributed by atoms with Gasteiger partial charge in [0.25, 0.3) is 5.91 Å². The fraction of sp³-hybridized carbons (Fsp3) is 0.364. The first-order valence-electron chi connectivity index (χ1n) is 9.34. The lowest BCUT2D eigenvalue weighted by Crippen LogP contribution is -2.50. The molecule has 0 N–H and O–H groups in total. The van der Waals surface area contributed by atoms with Crippen LogP contribution in [0.2, 0.25) is 0 Å². The molecule has 0 saturated carbocycles. The summed E-state index contributed by atoms with van der Waals surface area (Å²) in [6, 6.07) is 15.4. The average molecular weight is 366 g/mol. The minimum Gasteiger partial charge on any atom is -0.497 e. The van der Waals surface area contributed by atoms with Gasteiger partial charge in [-0.3, -0.25) is 9.59 Å². The van der Waals surface area contributed by atoms with Crippen molar-refractivity contribution >= 4 is 11.8 Å². The Kier molecular flexibility index (Phi) is 6.12. The highest BCUT2D eigenvalue weighted by molar-refractivity contribution is 5.95. The molecular weight excluding hydrogens is 340 g/mol. The first kappa shape index (κ1) is 19.0. The van der Waals surface area contributed by atoms with Crippen molar-refractivity contribution in [1.29, 1.82) is 0 Å². The van der Waals surface area contributed by atoms with Crippen LogP contribution in [0.4, 0.5) is 0 Å². The minimum atomic E-state index is 0.0524. The van der Waals surface area contributed by atoms with Crippen molar-refractivity contribution in [3.05, 3.63) is 65.2 Å². The number of benzene rings is 2. The predicted octanol–water partition coefficient (Wildman–Crippen LogP) is 2.92. The van der Waals surface area contributed by atoms with Crippen molar-refractivity contribution in [2.24, 2.45) is 0 Å². The Labute approximate surface area is 160 Å². The van der Waals surface area contributed by atoms with Crippen molar-refractivity contribution in [2.75, 3.05) is 33.3 Å². The molecule has 0 radical (unpaired) electrons. The van der Waals surface area contributed by atoms with Crippen LogP contribution in [0.1, 0.15) is 27.9 Å². The standard InChI is InChI=1S/C22H26N2O3/c1-17-6-3-4-9-20(17)22(26)24-14-12-23(13-15-24)21(25)11-10-18-7-5-8-19(16-18)27-2/h3-9,16H,10-15H2,1-2H3. The second-order valence-corrected chi connectivity index (χ2v) is 6.84. The van der Waals surface area contributed by atoms with E-state index in [9.17, 15) is 9.59 Å². The zero-order valence-corrected chi connectivity index (χ0v) is 16.0. The molecule has 0 unspecified atom stereocenters. The zero-order chi connectivity index (χ0) is 19.2. The quantitative estimate of drug-likeness (QED) is 0.818. The molecule has 5 nitrogen and oxygen atoms in total. The van der Waals surface area contributed by atoms with E-state index in [0.717, 1.165) is 22.4 Å². The van der Waals surface area contributed by atoms with E-state index in [1.807, 2.05) is 65.3 Å². The number of ether oxygens (including phenoxy) is 1. The molecule has 2 aromatic carbocycles. The third kappa shape index (κ3) is 4.67. The van der Waals surface area contributed by atoms with Crippen molar-refractivity contribution in [3.8, 4) is 5.75 Å². The van der Waals surface area contributed by atoms with E-state index in [1.165, 1.54) is 0 Å². The monoisotopic (exact) mass is 366 g/mol. The lowest BCUT2D eigenvalue weighted by molar-refractivity contribution is -0.132. The van der Waals surface area contributed by atoms with Gasteiger partial charge in [0.2, 0.25) is 5.91 Å². The van der Waals surface area contributed by atoms with Gasteiger partial charge in [0, 0.05) is 38.2 Å². The van der Waals surface area contributed by atoms with Crippen LogP contribution in [0, 0.1) is 6.92 Å². The van der Waals surface area contributed by atoms with E-state index in [2.05, 4.69) is 0 Å². The lowest BCUT2D eigenvalue weighted by atomic mass is 10.1. The molecule has 3 rings (SSSR count). The van der Waals surface area contributed by atoms with Crippen LogP contribution in [0.5, 0.6) is 5.75 Å². The molecule has 1 aliphatic rings. The van der Waals surface area contributed by atoms with Crippen molar-refractivity contribution in [3.63, 3.8) is 0 Å². The number of hydrogen-bond acceptors (Lipinski definition) is 3. The maximum atomic E-state index is 12.7. The van der Waals surface area contributed by atoms with E-state index in [0.29, 0.717) is 39.0 Å². The Bertz CT molecular complexity index is 811. The summed E-state index contributed by atoms with van der Waals surface area (Å²) in [7, 11) is 1.64. The molecule has 1 fully saturated rings. The summed E-state index contributed by atoms with van der Waals surface area (Å²) in [5, 5.41) is 0. The molecular formula is C22H26N2O3. The maximum Gasteiger partial charge on any atom is 0.254 e. The van der Waals surface area contributed by atoms with Gasteiger partial charge in [-0.05, 0) is 42.7 Å². The number of hydrogen-bond donors (Lipinski definition) is 0. The topological polar surface area (TPSA) is 49.9 Å². The Hall–Kier alpha value is -2.82.